The van der Waals surface area contributed by atoms with Crippen molar-refractivity contribution in [2.75, 3.05) is 7.11 Å². The Kier molecular flexibility index (Phi) is 4.99. The number of hydrogen-bond donors (Lipinski definition) is 0. The van der Waals surface area contributed by atoms with Gasteiger partial charge in [0.25, 0.3) is 0 Å². The van der Waals surface area contributed by atoms with Crippen LogP contribution in [0.1, 0.15) is 52.2 Å². The van der Waals surface area contributed by atoms with Crippen molar-refractivity contribution in [3.8, 4) is 5.75 Å². The minimum atomic E-state index is 0.395. The molecule has 4 atom stereocenters. The SMILES string of the molecule is COc1ccc(C)cc1/C=N/[C@@H]1C[C@H](C)C(C)(C)[C@H](C)[C@H]1C. The fourth-order valence-electron chi connectivity index (χ4n) is 3.67. The lowest BCUT2D eigenvalue weighted by Gasteiger charge is -2.48. The highest BCUT2D eigenvalue weighted by molar-refractivity contribution is 5.84. The van der Waals surface area contributed by atoms with E-state index in [0.717, 1.165) is 11.3 Å². The van der Waals surface area contributed by atoms with E-state index in [-0.39, 0.29) is 0 Å². The second-order valence-electron chi connectivity index (χ2n) is 7.70. The molecule has 0 bridgehead atoms. The molecule has 2 nitrogen and oxygen atoms in total. The van der Waals surface area contributed by atoms with Crippen LogP contribution < -0.4 is 4.74 Å². The first kappa shape index (κ1) is 17.1. The summed E-state index contributed by atoms with van der Waals surface area (Å²) in [5.41, 5.74) is 2.72. The Hall–Kier alpha value is -1.31. The lowest BCUT2D eigenvalue weighted by atomic mass is 9.58. The summed E-state index contributed by atoms with van der Waals surface area (Å²) in [6, 6.07) is 6.65. The molecule has 0 heterocycles. The van der Waals surface area contributed by atoms with Gasteiger partial charge in [0.15, 0.2) is 0 Å². The Morgan fingerprint density at radius 2 is 1.91 bits per heavy atom. The minimum absolute atomic E-state index is 0.395. The van der Waals surface area contributed by atoms with Crippen molar-refractivity contribution in [1.82, 2.24) is 0 Å². The smallest absolute Gasteiger partial charge is 0.127 e. The van der Waals surface area contributed by atoms with Crippen molar-refractivity contribution in [2.45, 2.75) is 54.0 Å². The van der Waals surface area contributed by atoms with E-state index < -0.39 is 0 Å². The van der Waals surface area contributed by atoms with Crippen molar-refractivity contribution in [3.05, 3.63) is 29.3 Å². The largest absolute Gasteiger partial charge is 0.496 e. The quantitative estimate of drug-likeness (QED) is 0.709. The molecule has 0 amide bonds. The Labute approximate surface area is 136 Å². The summed E-state index contributed by atoms with van der Waals surface area (Å²) in [4.78, 5) is 4.95. The molecule has 22 heavy (non-hydrogen) atoms. The third kappa shape index (κ3) is 3.21. The molecule has 0 aliphatic heterocycles. The van der Waals surface area contributed by atoms with E-state index >= 15 is 0 Å². The van der Waals surface area contributed by atoms with Gasteiger partial charge >= 0.3 is 0 Å². The zero-order valence-electron chi connectivity index (χ0n) is 15.2. The van der Waals surface area contributed by atoms with Gasteiger partial charge in [-0.05, 0) is 48.6 Å². The molecule has 1 aliphatic carbocycles. The van der Waals surface area contributed by atoms with Crippen molar-refractivity contribution < 1.29 is 4.74 Å². The maximum absolute atomic E-state index is 5.45. The van der Waals surface area contributed by atoms with Gasteiger partial charge in [-0.3, -0.25) is 4.99 Å². The van der Waals surface area contributed by atoms with Crippen LogP contribution in [0.15, 0.2) is 23.2 Å². The van der Waals surface area contributed by atoms with Crippen LogP contribution >= 0.6 is 0 Å². The first-order valence-electron chi connectivity index (χ1n) is 8.45. The number of benzene rings is 1. The molecule has 1 aromatic rings. The predicted octanol–water partition coefficient (Wildman–Crippen LogP) is 5.13. The lowest BCUT2D eigenvalue weighted by molar-refractivity contribution is 0.0272. The molecule has 0 spiro atoms. The van der Waals surface area contributed by atoms with Gasteiger partial charge in [-0.25, -0.2) is 0 Å². The number of hydrogen-bond acceptors (Lipinski definition) is 2. The van der Waals surface area contributed by atoms with Gasteiger partial charge < -0.3 is 4.74 Å². The average Bonchev–Trinajstić information content (AvgIpc) is 2.48. The topological polar surface area (TPSA) is 21.6 Å². The van der Waals surface area contributed by atoms with E-state index in [9.17, 15) is 0 Å². The fraction of sp³-hybridized carbons (Fsp3) is 0.650. The number of aliphatic imine (C=N–C) groups is 1. The van der Waals surface area contributed by atoms with E-state index in [2.05, 4.69) is 53.7 Å². The average molecular weight is 301 g/mol. The predicted molar refractivity (Wildman–Crippen MR) is 95.0 cm³/mol. The number of nitrogens with zero attached hydrogens (tertiary/aromatic N) is 1. The summed E-state index contributed by atoms with van der Waals surface area (Å²) in [6.45, 7) is 14.0. The molecule has 1 fully saturated rings. The summed E-state index contributed by atoms with van der Waals surface area (Å²) in [5, 5.41) is 0. The zero-order valence-corrected chi connectivity index (χ0v) is 15.2. The van der Waals surface area contributed by atoms with E-state index in [4.69, 9.17) is 9.73 Å². The number of rotatable bonds is 3. The molecular weight excluding hydrogens is 270 g/mol. The van der Waals surface area contributed by atoms with Crippen LogP contribution in [0.5, 0.6) is 5.75 Å². The van der Waals surface area contributed by atoms with Crippen LogP contribution in [0, 0.1) is 30.1 Å². The van der Waals surface area contributed by atoms with E-state index in [1.54, 1.807) is 7.11 Å². The highest BCUT2D eigenvalue weighted by Gasteiger charge is 2.43. The Morgan fingerprint density at radius 1 is 1.23 bits per heavy atom. The van der Waals surface area contributed by atoms with Crippen LogP contribution in [0.25, 0.3) is 0 Å². The molecule has 0 radical (unpaired) electrons. The molecular formula is C20H31NO. The third-order valence-electron chi connectivity index (χ3n) is 6.22. The first-order valence-corrected chi connectivity index (χ1v) is 8.45. The molecule has 0 aromatic heterocycles. The molecule has 1 aliphatic rings. The summed E-state index contributed by atoms with van der Waals surface area (Å²) >= 11 is 0. The van der Waals surface area contributed by atoms with Gasteiger partial charge in [-0.1, -0.05) is 46.2 Å². The molecule has 122 valence electrons. The maximum Gasteiger partial charge on any atom is 0.127 e. The van der Waals surface area contributed by atoms with Crippen molar-refractivity contribution in [3.63, 3.8) is 0 Å². The summed E-state index contributed by atoms with van der Waals surface area (Å²) in [7, 11) is 1.72. The Balaban J connectivity index is 2.22. The standard InChI is InChI=1S/C20H31NO/c1-13-8-9-19(22-7)17(10-13)12-21-18-11-14(2)20(5,6)16(4)15(18)3/h8-10,12,14-16,18H,11H2,1-7H3/b21-12+/t14-,15+,16+,18+/m0/s1. The van der Waals surface area contributed by atoms with Crippen molar-refractivity contribution in [2.24, 2.45) is 28.2 Å². The minimum Gasteiger partial charge on any atom is -0.496 e. The molecule has 2 heteroatoms. The van der Waals surface area contributed by atoms with Crippen LogP contribution in [-0.2, 0) is 0 Å². The highest BCUT2D eigenvalue weighted by atomic mass is 16.5. The van der Waals surface area contributed by atoms with Crippen LogP contribution in [-0.4, -0.2) is 19.4 Å². The van der Waals surface area contributed by atoms with E-state index in [1.807, 2.05) is 12.3 Å². The molecule has 0 unspecified atom stereocenters. The van der Waals surface area contributed by atoms with E-state index in [1.165, 1.54) is 12.0 Å². The summed E-state index contributed by atoms with van der Waals surface area (Å²) in [5.74, 6) is 2.88. The molecule has 0 N–H and O–H groups in total. The Morgan fingerprint density at radius 3 is 2.55 bits per heavy atom. The maximum atomic E-state index is 5.45. The van der Waals surface area contributed by atoms with Gasteiger partial charge in [-0.2, -0.15) is 0 Å². The van der Waals surface area contributed by atoms with Crippen molar-refractivity contribution in [1.29, 1.82) is 0 Å². The Bertz CT molecular complexity index is 547. The third-order valence-corrected chi connectivity index (χ3v) is 6.22. The highest BCUT2D eigenvalue weighted by Crippen LogP contribution is 2.48. The first-order chi connectivity index (χ1) is 10.3. The van der Waals surface area contributed by atoms with E-state index in [0.29, 0.717) is 29.2 Å². The second kappa shape index (κ2) is 6.44. The number of ether oxygens (including phenoxy) is 1. The molecule has 0 saturated heterocycles. The second-order valence-corrected chi connectivity index (χ2v) is 7.70. The van der Waals surface area contributed by atoms with Crippen molar-refractivity contribution >= 4 is 6.21 Å². The summed E-state index contributed by atoms with van der Waals surface area (Å²) < 4.78 is 5.45. The van der Waals surface area contributed by atoms with Crippen LogP contribution in [0.3, 0.4) is 0 Å². The number of aryl methyl sites for hydroxylation is 1. The normalized spacial score (nSPS) is 31.4. The molecule has 2 rings (SSSR count). The summed E-state index contributed by atoms with van der Waals surface area (Å²) in [6.07, 6.45) is 3.19. The van der Waals surface area contributed by atoms with Crippen LogP contribution in [0.2, 0.25) is 0 Å². The molecule has 1 saturated carbocycles. The monoisotopic (exact) mass is 301 g/mol. The number of methoxy groups -OCH3 is 1. The van der Waals surface area contributed by atoms with Gasteiger partial charge in [0.1, 0.15) is 5.75 Å². The fourth-order valence-corrected chi connectivity index (χ4v) is 3.67. The zero-order chi connectivity index (χ0) is 16.5. The van der Waals surface area contributed by atoms with Gasteiger partial charge in [0.05, 0.1) is 13.2 Å². The van der Waals surface area contributed by atoms with Gasteiger partial charge in [-0.15, -0.1) is 0 Å². The van der Waals surface area contributed by atoms with Gasteiger partial charge in [0.2, 0.25) is 0 Å². The van der Waals surface area contributed by atoms with Crippen LogP contribution in [0.4, 0.5) is 0 Å². The lowest BCUT2D eigenvalue weighted by Crippen LogP contribution is -2.44. The van der Waals surface area contributed by atoms with Gasteiger partial charge in [0, 0.05) is 11.8 Å². The molecule has 1 aromatic carbocycles.